The van der Waals surface area contributed by atoms with Crippen LogP contribution in [-0.4, -0.2) is 13.2 Å². The van der Waals surface area contributed by atoms with Crippen LogP contribution in [0, 0.1) is 12.8 Å². The topological polar surface area (TPSA) is 61.3 Å². The van der Waals surface area contributed by atoms with E-state index < -0.39 is 0 Å². The second kappa shape index (κ2) is 5.93. The summed E-state index contributed by atoms with van der Waals surface area (Å²) in [4.78, 5) is 0. The average Bonchev–Trinajstić information content (AvgIpc) is 3.19. The Morgan fingerprint density at radius 3 is 2.47 bits per heavy atom. The molecule has 0 amide bonds. The van der Waals surface area contributed by atoms with Crippen LogP contribution < -0.4 is 16.2 Å². The summed E-state index contributed by atoms with van der Waals surface area (Å²) in [5, 5.41) is 0. The quantitative estimate of drug-likeness (QED) is 0.828. The summed E-state index contributed by atoms with van der Waals surface area (Å²) >= 11 is 0. The van der Waals surface area contributed by atoms with Gasteiger partial charge in [0.05, 0.1) is 6.61 Å². The number of ether oxygens (including phenoxy) is 1. The second-order valence-corrected chi connectivity index (χ2v) is 6.00. The molecule has 4 N–H and O–H groups in total. The normalized spacial score (nSPS) is 16.7. The highest BCUT2D eigenvalue weighted by Gasteiger charge is 2.23. The van der Waals surface area contributed by atoms with E-state index >= 15 is 0 Å². The lowest BCUT2D eigenvalue weighted by Crippen LogP contribution is -2.22. The van der Waals surface area contributed by atoms with Crippen LogP contribution in [0.4, 0.5) is 0 Å². The zero-order chi connectivity index (χ0) is 14.0. The monoisotopic (exact) mass is 262 g/mol. The van der Waals surface area contributed by atoms with Crippen LogP contribution in [0.1, 0.15) is 55.3 Å². The zero-order valence-corrected chi connectivity index (χ0v) is 12.3. The molecule has 1 saturated carbocycles. The first-order valence-electron chi connectivity index (χ1n) is 7.25. The highest BCUT2D eigenvalue weighted by atomic mass is 16.5. The van der Waals surface area contributed by atoms with Crippen molar-refractivity contribution in [1.82, 2.24) is 0 Å². The summed E-state index contributed by atoms with van der Waals surface area (Å²) in [7, 11) is 0. The Kier molecular flexibility index (Phi) is 4.48. The minimum atomic E-state index is -0.146. The molecule has 106 valence electrons. The largest absolute Gasteiger partial charge is 0.493 e. The Hall–Kier alpha value is -1.06. The van der Waals surface area contributed by atoms with E-state index in [4.69, 9.17) is 16.2 Å². The molecule has 1 aromatic carbocycles. The summed E-state index contributed by atoms with van der Waals surface area (Å²) in [5.41, 5.74) is 15.5. The fraction of sp³-hybridized carbons (Fsp3) is 0.625. The Morgan fingerprint density at radius 1 is 1.26 bits per heavy atom. The average molecular weight is 262 g/mol. The first kappa shape index (κ1) is 14.4. The molecule has 1 atom stereocenters. The van der Waals surface area contributed by atoms with Crippen LogP contribution in [0.15, 0.2) is 12.1 Å². The van der Waals surface area contributed by atoms with Gasteiger partial charge in [0.25, 0.3) is 0 Å². The van der Waals surface area contributed by atoms with Crippen molar-refractivity contribution in [2.75, 3.05) is 13.2 Å². The smallest absolute Gasteiger partial charge is 0.124 e. The summed E-state index contributed by atoms with van der Waals surface area (Å²) < 4.78 is 5.96. The molecule has 2 rings (SSSR count). The van der Waals surface area contributed by atoms with Gasteiger partial charge >= 0.3 is 0 Å². The first-order chi connectivity index (χ1) is 9.02. The summed E-state index contributed by atoms with van der Waals surface area (Å²) in [6.07, 6.45) is 2.59. The summed E-state index contributed by atoms with van der Waals surface area (Å²) in [5.74, 6) is 2.15. The van der Waals surface area contributed by atoms with E-state index in [9.17, 15) is 0 Å². The van der Waals surface area contributed by atoms with Crippen LogP contribution >= 0.6 is 0 Å². The molecule has 1 aromatic rings. The lowest BCUT2D eigenvalue weighted by atomic mass is 9.93. The van der Waals surface area contributed by atoms with Gasteiger partial charge < -0.3 is 16.2 Å². The van der Waals surface area contributed by atoms with Crippen molar-refractivity contribution in [1.29, 1.82) is 0 Å². The lowest BCUT2D eigenvalue weighted by molar-refractivity contribution is 0.295. The van der Waals surface area contributed by atoms with Crippen molar-refractivity contribution < 1.29 is 4.74 Å². The molecule has 19 heavy (non-hydrogen) atoms. The van der Waals surface area contributed by atoms with Crippen LogP contribution in [-0.2, 0) is 0 Å². The number of nitrogens with two attached hydrogens (primary N) is 2. The van der Waals surface area contributed by atoms with Gasteiger partial charge in [0.15, 0.2) is 0 Å². The van der Waals surface area contributed by atoms with Crippen LogP contribution in [0.3, 0.4) is 0 Å². The standard InChI is InChI=1S/C16H26N2O/c1-10(2)13-7-14(15(18)8-17)16(6-11(13)3)19-9-12-4-5-12/h6-7,10,12,15H,4-5,8-9,17-18H2,1-3H3. The Labute approximate surface area is 116 Å². The number of hydrogen-bond donors (Lipinski definition) is 2. The predicted molar refractivity (Wildman–Crippen MR) is 79.5 cm³/mol. The van der Waals surface area contributed by atoms with Crippen LogP contribution in [0.2, 0.25) is 0 Å². The fourth-order valence-electron chi connectivity index (χ4n) is 2.37. The minimum Gasteiger partial charge on any atom is -0.493 e. The number of rotatable bonds is 6. The molecule has 0 aromatic heterocycles. The lowest BCUT2D eigenvalue weighted by Gasteiger charge is -2.20. The molecule has 0 spiro atoms. The first-order valence-corrected chi connectivity index (χ1v) is 7.25. The van der Waals surface area contributed by atoms with E-state index in [-0.39, 0.29) is 6.04 Å². The van der Waals surface area contributed by atoms with Gasteiger partial charge in [-0.3, -0.25) is 0 Å². The van der Waals surface area contributed by atoms with Crippen molar-refractivity contribution in [3.8, 4) is 5.75 Å². The van der Waals surface area contributed by atoms with Crippen molar-refractivity contribution >= 4 is 0 Å². The molecule has 3 heteroatoms. The van der Waals surface area contributed by atoms with E-state index in [0.717, 1.165) is 23.8 Å². The maximum atomic E-state index is 6.13. The van der Waals surface area contributed by atoms with E-state index in [1.807, 2.05) is 0 Å². The molecule has 3 nitrogen and oxygen atoms in total. The Balaban J connectivity index is 2.29. The molecular formula is C16H26N2O. The molecule has 0 radical (unpaired) electrons. The molecule has 1 unspecified atom stereocenters. The third kappa shape index (κ3) is 3.48. The van der Waals surface area contributed by atoms with Crippen LogP contribution in [0.5, 0.6) is 5.75 Å². The predicted octanol–water partition coefficient (Wildman–Crippen LogP) is 2.87. The summed E-state index contributed by atoms with van der Waals surface area (Å²) in [6.45, 7) is 7.79. The van der Waals surface area contributed by atoms with E-state index in [0.29, 0.717) is 12.5 Å². The van der Waals surface area contributed by atoms with Gasteiger partial charge in [-0.2, -0.15) is 0 Å². The zero-order valence-electron chi connectivity index (χ0n) is 12.3. The molecule has 0 saturated heterocycles. The Morgan fingerprint density at radius 2 is 1.95 bits per heavy atom. The maximum absolute atomic E-state index is 6.13. The molecule has 1 aliphatic rings. The van der Waals surface area contributed by atoms with Gasteiger partial charge in [0, 0.05) is 18.2 Å². The van der Waals surface area contributed by atoms with Gasteiger partial charge in [-0.1, -0.05) is 13.8 Å². The van der Waals surface area contributed by atoms with Crippen molar-refractivity contribution in [2.24, 2.45) is 17.4 Å². The van der Waals surface area contributed by atoms with Crippen molar-refractivity contribution in [3.05, 3.63) is 28.8 Å². The minimum absolute atomic E-state index is 0.146. The van der Waals surface area contributed by atoms with Gasteiger partial charge in [-0.05, 0) is 54.9 Å². The number of hydrogen-bond acceptors (Lipinski definition) is 3. The maximum Gasteiger partial charge on any atom is 0.124 e. The van der Waals surface area contributed by atoms with E-state index in [1.54, 1.807) is 0 Å². The second-order valence-electron chi connectivity index (χ2n) is 6.00. The third-order valence-corrected chi connectivity index (χ3v) is 3.85. The highest BCUT2D eigenvalue weighted by Crippen LogP contribution is 2.34. The number of aryl methyl sites for hydroxylation is 1. The Bertz CT molecular complexity index is 439. The molecule has 1 aliphatic carbocycles. The molecule has 1 fully saturated rings. The fourth-order valence-corrected chi connectivity index (χ4v) is 2.37. The molecule has 0 aliphatic heterocycles. The van der Waals surface area contributed by atoms with E-state index in [1.165, 1.54) is 24.0 Å². The number of benzene rings is 1. The summed E-state index contributed by atoms with van der Waals surface area (Å²) in [6, 6.07) is 4.16. The van der Waals surface area contributed by atoms with Crippen molar-refractivity contribution in [3.63, 3.8) is 0 Å². The van der Waals surface area contributed by atoms with Gasteiger partial charge in [0.2, 0.25) is 0 Å². The third-order valence-electron chi connectivity index (χ3n) is 3.85. The van der Waals surface area contributed by atoms with Crippen molar-refractivity contribution in [2.45, 2.75) is 45.6 Å². The highest BCUT2D eigenvalue weighted by molar-refractivity contribution is 5.45. The van der Waals surface area contributed by atoms with Gasteiger partial charge in [-0.15, -0.1) is 0 Å². The SMILES string of the molecule is Cc1cc(OCC2CC2)c(C(N)CN)cc1C(C)C. The molecule has 0 heterocycles. The molecular weight excluding hydrogens is 236 g/mol. The van der Waals surface area contributed by atoms with E-state index in [2.05, 4.69) is 32.9 Å². The van der Waals surface area contributed by atoms with Gasteiger partial charge in [-0.25, -0.2) is 0 Å². The molecule has 0 bridgehead atoms. The van der Waals surface area contributed by atoms with Gasteiger partial charge in [0.1, 0.15) is 5.75 Å². The van der Waals surface area contributed by atoms with Crippen LogP contribution in [0.25, 0.3) is 0 Å².